The molecule has 1 saturated carbocycles. The minimum absolute atomic E-state index is 0.0743. The maximum Gasteiger partial charge on any atom is 0.290 e. The van der Waals surface area contributed by atoms with E-state index in [4.69, 9.17) is 4.74 Å². The smallest absolute Gasteiger partial charge is 0.290 e. The molecule has 1 fully saturated rings. The molecule has 0 saturated heterocycles. The fraction of sp³-hybridized carbons (Fsp3) is 0.667. The highest BCUT2D eigenvalue weighted by atomic mass is 16.6. The zero-order chi connectivity index (χ0) is 15.4. The summed E-state index contributed by atoms with van der Waals surface area (Å²) in [5.74, 6) is 1.54. The average molecular weight is 293 g/mol. The first-order chi connectivity index (χ1) is 10.0. The van der Waals surface area contributed by atoms with Crippen LogP contribution in [0.3, 0.4) is 0 Å². The van der Waals surface area contributed by atoms with Crippen molar-refractivity contribution in [2.24, 2.45) is 5.92 Å². The van der Waals surface area contributed by atoms with Crippen LogP contribution in [0.1, 0.15) is 31.9 Å². The number of methoxy groups -OCH3 is 1. The van der Waals surface area contributed by atoms with E-state index in [0.29, 0.717) is 18.3 Å². The fourth-order valence-electron chi connectivity index (χ4n) is 3.03. The van der Waals surface area contributed by atoms with Gasteiger partial charge in [-0.2, -0.15) is 0 Å². The second kappa shape index (κ2) is 6.85. The van der Waals surface area contributed by atoms with Gasteiger partial charge in [0.1, 0.15) is 11.5 Å². The number of hydrogen-bond acceptors (Lipinski definition) is 5. The van der Waals surface area contributed by atoms with Crippen molar-refractivity contribution in [3.63, 3.8) is 0 Å². The molecule has 21 heavy (non-hydrogen) atoms. The lowest BCUT2D eigenvalue weighted by Crippen LogP contribution is -2.37. The molecule has 6 heteroatoms. The van der Waals surface area contributed by atoms with Gasteiger partial charge in [0.05, 0.1) is 11.5 Å². The van der Waals surface area contributed by atoms with Crippen molar-refractivity contribution in [1.29, 1.82) is 0 Å². The number of aromatic nitrogens is 1. The van der Waals surface area contributed by atoms with Gasteiger partial charge in [-0.25, -0.2) is 4.98 Å². The molecule has 0 radical (unpaired) electrons. The maximum atomic E-state index is 10.9. The third-order valence-electron chi connectivity index (χ3n) is 4.18. The lowest BCUT2D eigenvalue weighted by atomic mass is 10.1. The van der Waals surface area contributed by atoms with E-state index in [-0.39, 0.29) is 10.6 Å². The van der Waals surface area contributed by atoms with Crippen LogP contribution in [-0.2, 0) is 4.74 Å². The summed E-state index contributed by atoms with van der Waals surface area (Å²) < 4.78 is 5.19. The SMILES string of the molecule is COCCN(c1ccc([N+](=O)[O-])c(C)n1)C1CCC(C)C1. The largest absolute Gasteiger partial charge is 0.383 e. The van der Waals surface area contributed by atoms with Crippen LogP contribution in [-0.4, -0.2) is 36.2 Å². The summed E-state index contributed by atoms with van der Waals surface area (Å²) in [6, 6.07) is 3.75. The van der Waals surface area contributed by atoms with Crippen molar-refractivity contribution < 1.29 is 9.66 Å². The zero-order valence-electron chi connectivity index (χ0n) is 12.9. The quantitative estimate of drug-likeness (QED) is 0.596. The van der Waals surface area contributed by atoms with E-state index >= 15 is 0 Å². The van der Waals surface area contributed by atoms with Crippen molar-refractivity contribution in [1.82, 2.24) is 4.98 Å². The Morgan fingerprint density at radius 3 is 2.76 bits per heavy atom. The molecule has 1 heterocycles. The van der Waals surface area contributed by atoms with E-state index < -0.39 is 0 Å². The normalized spacial score (nSPS) is 21.5. The summed E-state index contributed by atoms with van der Waals surface area (Å²) in [5, 5.41) is 10.9. The van der Waals surface area contributed by atoms with Crippen LogP contribution in [0.2, 0.25) is 0 Å². The number of nitro groups is 1. The number of aryl methyl sites for hydroxylation is 1. The van der Waals surface area contributed by atoms with Crippen LogP contribution in [0, 0.1) is 23.0 Å². The second-order valence-electron chi connectivity index (χ2n) is 5.79. The molecule has 0 N–H and O–H groups in total. The van der Waals surface area contributed by atoms with Crippen LogP contribution < -0.4 is 4.90 Å². The number of ether oxygens (including phenoxy) is 1. The van der Waals surface area contributed by atoms with E-state index in [9.17, 15) is 10.1 Å². The second-order valence-corrected chi connectivity index (χ2v) is 5.79. The standard InChI is InChI=1S/C15H23N3O3/c1-11-4-5-13(10-11)17(8-9-21-3)15-7-6-14(18(19)20)12(2)16-15/h6-7,11,13H,4-5,8-10H2,1-3H3. The molecular weight excluding hydrogens is 270 g/mol. The Kier molecular flexibility index (Phi) is 5.12. The predicted molar refractivity (Wildman–Crippen MR) is 81.7 cm³/mol. The Labute approximate surface area is 125 Å². The van der Waals surface area contributed by atoms with Gasteiger partial charge < -0.3 is 9.64 Å². The van der Waals surface area contributed by atoms with Crippen LogP contribution in [0.15, 0.2) is 12.1 Å². The maximum absolute atomic E-state index is 10.9. The summed E-state index contributed by atoms with van der Waals surface area (Å²) in [4.78, 5) is 17.2. The zero-order valence-corrected chi connectivity index (χ0v) is 12.9. The average Bonchev–Trinajstić information content (AvgIpc) is 2.85. The van der Waals surface area contributed by atoms with Crippen molar-refractivity contribution in [2.75, 3.05) is 25.2 Å². The van der Waals surface area contributed by atoms with Gasteiger partial charge in [0.25, 0.3) is 5.69 Å². The number of anilines is 1. The summed E-state index contributed by atoms with van der Waals surface area (Å²) in [6.07, 6.45) is 3.50. The Morgan fingerprint density at radius 1 is 1.48 bits per heavy atom. The van der Waals surface area contributed by atoms with E-state index in [0.717, 1.165) is 31.1 Å². The molecule has 1 aliphatic rings. The molecule has 0 amide bonds. The minimum atomic E-state index is -0.386. The van der Waals surface area contributed by atoms with Crippen molar-refractivity contribution >= 4 is 11.5 Å². The predicted octanol–water partition coefficient (Wildman–Crippen LogP) is 2.94. The van der Waals surface area contributed by atoms with Gasteiger partial charge in [0.15, 0.2) is 0 Å². The third-order valence-corrected chi connectivity index (χ3v) is 4.18. The Balaban J connectivity index is 2.23. The highest BCUT2D eigenvalue weighted by Crippen LogP contribution is 2.32. The summed E-state index contributed by atoms with van der Waals surface area (Å²) >= 11 is 0. The van der Waals surface area contributed by atoms with E-state index in [1.807, 2.05) is 0 Å². The first-order valence-corrected chi connectivity index (χ1v) is 7.40. The number of pyridine rings is 1. The van der Waals surface area contributed by atoms with Gasteiger partial charge in [0.2, 0.25) is 0 Å². The van der Waals surface area contributed by atoms with Gasteiger partial charge in [0, 0.05) is 25.8 Å². The van der Waals surface area contributed by atoms with E-state index in [1.54, 1.807) is 26.2 Å². The molecule has 6 nitrogen and oxygen atoms in total. The lowest BCUT2D eigenvalue weighted by molar-refractivity contribution is -0.385. The summed E-state index contributed by atoms with van der Waals surface area (Å²) in [6.45, 7) is 5.34. The van der Waals surface area contributed by atoms with Gasteiger partial charge in [-0.15, -0.1) is 0 Å². The highest BCUT2D eigenvalue weighted by Gasteiger charge is 2.28. The van der Waals surface area contributed by atoms with Gasteiger partial charge >= 0.3 is 0 Å². The van der Waals surface area contributed by atoms with Crippen LogP contribution in [0.5, 0.6) is 0 Å². The Morgan fingerprint density at radius 2 is 2.24 bits per heavy atom. The van der Waals surface area contributed by atoms with Gasteiger partial charge in [-0.05, 0) is 38.2 Å². The Hall–Kier alpha value is -1.69. The molecule has 0 aromatic carbocycles. The summed E-state index contributed by atoms with van der Waals surface area (Å²) in [5.41, 5.74) is 0.538. The number of rotatable bonds is 6. The first kappa shape index (κ1) is 15.7. The van der Waals surface area contributed by atoms with Crippen molar-refractivity contribution in [3.05, 3.63) is 27.9 Å². The molecule has 0 aliphatic heterocycles. The Bertz CT molecular complexity index is 507. The van der Waals surface area contributed by atoms with Crippen molar-refractivity contribution in [3.8, 4) is 0 Å². The molecule has 0 bridgehead atoms. The monoisotopic (exact) mass is 293 g/mol. The number of nitrogens with zero attached hydrogens (tertiary/aromatic N) is 3. The number of hydrogen-bond donors (Lipinski definition) is 0. The van der Waals surface area contributed by atoms with E-state index in [2.05, 4.69) is 16.8 Å². The van der Waals surface area contributed by atoms with Crippen molar-refractivity contribution in [2.45, 2.75) is 39.2 Å². The fourth-order valence-corrected chi connectivity index (χ4v) is 3.03. The van der Waals surface area contributed by atoms with E-state index in [1.165, 1.54) is 6.42 Å². The minimum Gasteiger partial charge on any atom is -0.383 e. The molecule has 1 aromatic heterocycles. The summed E-state index contributed by atoms with van der Waals surface area (Å²) in [7, 11) is 1.68. The van der Waals surface area contributed by atoms with Crippen LogP contribution in [0.25, 0.3) is 0 Å². The molecular formula is C15H23N3O3. The molecule has 2 unspecified atom stereocenters. The highest BCUT2D eigenvalue weighted by molar-refractivity contribution is 5.47. The molecule has 0 spiro atoms. The molecule has 116 valence electrons. The van der Waals surface area contributed by atoms with Gasteiger partial charge in [-0.1, -0.05) is 6.92 Å². The van der Waals surface area contributed by atoms with Crippen LogP contribution >= 0.6 is 0 Å². The van der Waals surface area contributed by atoms with Gasteiger partial charge in [-0.3, -0.25) is 10.1 Å². The molecule has 2 rings (SSSR count). The lowest BCUT2D eigenvalue weighted by Gasteiger charge is -2.30. The molecule has 1 aromatic rings. The molecule has 2 atom stereocenters. The topological polar surface area (TPSA) is 68.5 Å². The third kappa shape index (κ3) is 3.69. The first-order valence-electron chi connectivity index (χ1n) is 7.40. The molecule has 1 aliphatic carbocycles. The van der Waals surface area contributed by atoms with Crippen LogP contribution in [0.4, 0.5) is 11.5 Å².